The van der Waals surface area contributed by atoms with E-state index < -0.39 is 5.97 Å². The lowest BCUT2D eigenvalue weighted by Crippen LogP contribution is -2.20. The lowest BCUT2D eigenvalue weighted by atomic mass is 9.79. The molecule has 1 aromatic carbocycles. The molecule has 0 aliphatic heterocycles. The monoisotopic (exact) mass is 236 g/mol. The van der Waals surface area contributed by atoms with Gasteiger partial charge in [-0.1, -0.05) is 31.2 Å². The van der Waals surface area contributed by atoms with Gasteiger partial charge in [-0.25, -0.2) is 0 Å². The van der Waals surface area contributed by atoms with Crippen LogP contribution in [-0.2, 0) is 11.2 Å². The van der Waals surface area contributed by atoms with E-state index in [0.717, 1.165) is 12.2 Å². The summed E-state index contributed by atoms with van der Waals surface area (Å²) in [5, 5.41) is 8.88. The Bertz CT molecular complexity index is 389. The summed E-state index contributed by atoms with van der Waals surface area (Å²) in [6, 6.07) is 8.52. The summed E-state index contributed by atoms with van der Waals surface area (Å²) in [6.07, 6.45) is 1.42. The Labute approximate surface area is 100 Å². The van der Waals surface area contributed by atoms with E-state index in [9.17, 15) is 4.79 Å². The zero-order valence-corrected chi connectivity index (χ0v) is 10.2. The van der Waals surface area contributed by atoms with Crippen molar-refractivity contribution in [1.82, 2.24) is 0 Å². The van der Waals surface area contributed by atoms with Crippen molar-refractivity contribution in [3.05, 3.63) is 35.4 Å². The molecule has 3 heteroatoms. The molecule has 0 spiro atoms. The fraction of sp³-hybridized carbons (Fsp3) is 0.462. The first-order chi connectivity index (χ1) is 7.66. The number of carbonyl (C=O) groups is 1. The van der Waals surface area contributed by atoms with Gasteiger partial charge in [-0.3, -0.25) is 4.79 Å². The summed E-state index contributed by atoms with van der Waals surface area (Å²) in [4.78, 5) is 10.5. The Balaban J connectivity index is 1.79. The average Bonchev–Trinajstić information content (AvgIpc) is 2.18. The normalized spacial score (nSPS) is 19.7. The van der Waals surface area contributed by atoms with Crippen LogP contribution in [0.2, 0.25) is 0 Å². The summed E-state index contributed by atoms with van der Waals surface area (Å²) in [7, 11) is 0. The van der Waals surface area contributed by atoms with Crippen LogP contribution in [0.25, 0.3) is 0 Å². The largest absolute Gasteiger partial charge is 0.481 e. The van der Waals surface area contributed by atoms with Crippen LogP contribution < -0.4 is 0 Å². The summed E-state index contributed by atoms with van der Waals surface area (Å²) >= 11 is 1.77. The molecular weight excluding hydrogens is 220 g/mol. The molecule has 0 saturated heterocycles. The number of benzene rings is 1. The molecule has 0 radical (unpaired) electrons. The van der Waals surface area contributed by atoms with Crippen molar-refractivity contribution in [3.8, 4) is 0 Å². The molecule has 16 heavy (non-hydrogen) atoms. The first-order valence-corrected chi connectivity index (χ1v) is 6.63. The van der Waals surface area contributed by atoms with Gasteiger partial charge in [-0.2, -0.15) is 11.8 Å². The molecule has 86 valence electrons. The van der Waals surface area contributed by atoms with E-state index in [1.165, 1.54) is 11.1 Å². The van der Waals surface area contributed by atoms with Gasteiger partial charge in [-0.15, -0.1) is 0 Å². The molecule has 0 amide bonds. The number of hydrogen-bond acceptors (Lipinski definition) is 2. The van der Waals surface area contributed by atoms with Crippen LogP contribution in [0.4, 0.5) is 0 Å². The van der Waals surface area contributed by atoms with Gasteiger partial charge in [0.2, 0.25) is 0 Å². The van der Waals surface area contributed by atoms with Crippen molar-refractivity contribution in [1.29, 1.82) is 0 Å². The van der Waals surface area contributed by atoms with Crippen LogP contribution in [-0.4, -0.2) is 22.1 Å². The number of aliphatic carboxylic acids is 1. The molecule has 1 aliphatic carbocycles. The van der Waals surface area contributed by atoms with Crippen LogP contribution in [0.3, 0.4) is 0 Å². The van der Waals surface area contributed by atoms with Gasteiger partial charge in [0.1, 0.15) is 0 Å². The van der Waals surface area contributed by atoms with Crippen molar-refractivity contribution in [2.75, 3.05) is 5.75 Å². The highest BCUT2D eigenvalue weighted by atomic mass is 32.2. The van der Waals surface area contributed by atoms with E-state index in [0.29, 0.717) is 5.92 Å². The number of carboxylic acid groups (broad SMARTS) is 1. The maximum absolute atomic E-state index is 10.5. The minimum atomic E-state index is -0.700. The average molecular weight is 236 g/mol. The van der Waals surface area contributed by atoms with Crippen molar-refractivity contribution in [2.24, 2.45) is 0 Å². The van der Waals surface area contributed by atoms with Gasteiger partial charge in [0.25, 0.3) is 0 Å². The Hall–Kier alpha value is -0.960. The topological polar surface area (TPSA) is 37.3 Å². The zero-order chi connectivity index (χ0) is 11.5. The van der Waals surface area contributed by atoms with Gasteiger partial charge < -0.3 is 5.11 Å². The second kappa shape index (κ2) is 4.91. The highest BCUT2D eigenvalue weighted by molar-refractivity contribution is 7.99. The van der Waals surface area contributed by atoms with Crippen LogP contribution in [0.1, 0.15) is 30.4 Å². The van der Waals surface area contributed by atoms with Gasteiger partial charge in [0, 0.05) is 11.0 Å². The molecule has 2 atom stereocenters. The fourth-order valence-corrected chi connectivity index (χ4v) is 3.22. The SMILES string of the molecule is CC(CC(=O)O)SCC1Cc2ccccc21. The van der Waals surface area contributed by atoms with Gasteiger partial charge >= 0.3 is 5.97 Å². The maximum Gasteiger partial charge on any atom is 0.304 e. The molecule has 0 saturated carbocycles. The number of thioether (sulfide) groups is 1. The predicted octanol–water partition coefficient (Wildman–Crippen LogP) is 2.92. The van der Waals surface area contributed by atoms with Crippen molar-refractivity contribution < 1.29 is 9.90 Å². The molecule has 2 nitrogen and oxygen atoms in total. The van der Waals surface area contributed by atoms with E-state index in [4.69, 9.17) is 5.11 Å². The Kier molecular flexibility index (Phi) is 3.54. The Morgan fingerprint density at radius 2 is 2.31 bits per heavy atom. The summed E-state index contributed by atoms with van der Waals surface area (Å²) < 4.78 is 0. The quantitative estimate of drug-likeness (QED) is 0.854. The van der Waals surface area contributed by atoms with Crippen molar-refractivity contribution in [3.63, 3.8) is 0 Å². The van der Waals surface area contributed by atoms with Crippen molar-refractivity contribution >= 4 is 17.7 Å². The van der Waals surface area contributed by atoms with E-state index >= 15 is 0 Å². The summed E-state index contributed by atoms with van der Waals surface area (Å²) in [5.41, 5.74) is 2.91. The molecule has 0 heterocycles. The van der Waals surface area contributed by atoms with Crippen LogP contribution in [0, 0.1) is 0 Å². The predicted molar refractivity (Wildman–Crippen MR) is 67.1 cm³/mol. The van der Waals surface area contributed by atoms with Crippen LogP contribution in [0.15, 0.2) is 24.3 Å². The molecule has 1 N–H and O–H groups in total. The highest BCUT2D eigenvalue weighted by Crippen LogP contribution is 2.37. The second-order valence-electron chi connectivity index (χ2n) is 4.34. The minimum absolute atomic E-state index is 0.213. The standard InChI is InChI=1S/C13H16O2S/c1-9(6-13(14)15)16-8-11-7-10-4-2-3-5-12(10)11/h2-5,9,11H,6-8H2,1H3,(H,14,15). The molecule has 1 aromatic rings. The van der Waals surface area contributed by atoms with E-state index in [2.05, 4.69) is 24.3 Å². The highest BCUT2D eigenvalue weighted by Gasteiger charge is 2.25. The summed E-state index contributed by atoms with van der Waals surface area (Å²) in [5.74, 6) is 0.984. The lowest BCUT2D eigenvalue weighted by Gasteiger charge is -2.30. The molecule has 1 aliphatic rings. The first kappa shape index (κ1) is 11.5. The third-order valence-electron chi connectivity index (χ3n) is 3.01. The first-order valence-electron chi connectivity index (χ1n) is 5.58. The molecule has 2 rings (SSSR count). The number of rotatable bonds is 5. The van der Waals surface area contributed by atoms with Crippen LogP contribution in [0.5, 0.6) is 0 Å². The van der Waals surface area contributed by atoms with Gasteiger partial charge in [-0.05, 0) is 23.5 Å². The third-order valence-corrected chi connectivity index (χ3v) is 4.34. The number of fused-ring (bicyclic) bond motifs is 1. The van der Waals surface area contributed by atoms with Crippen LogP contribution >= 0.6 is 11.8 Å². The Morgan fingerprint density at radius 3 is 3.00 bits per heavy atom. The lowest BCUT2D eigenvalue weighted by molar-refractivity contribution is -0.136. The van der Waals surface area contributed by atoms with E-state index in [1.54, 1.807) is 11.8 Å². The number of carboxylic acids is 1. The van der Waals surface area contributed by atoms with Gasteiger partial charge in [0.15, 0.2) is 0 Å². The summed E-state index contributed by atoms with van der Waals surface area (Å²) in [6.45, 7) is 1.99. The van der Waals surface area contributed by atoms with Crippen molar-refractivity contribution in [2.45, 2.75) is 30.9 Å². The zero-order valence-electron chi connectivity index (χ0n) is 9.35. The molecular formula is C13H16O2S. The van der Waals surface area contributed by atoms with E-state index in [-0.39, 0.29) is 11.7 Å². The Morgan fingerprint density at radius 1 is 1.56 bits per heavy atom. The van der Waals surface area contributed by atoms with E-state index in [1.807, 2.05) is 6.92 Å². The molecule has 2 unspecified atom stereocenters. The molecule has 0 aromatic heterocycles. The second-order valence-corrected chi connectivity index (χ2v) is 5.81. The minimum Gasteiger partial charge on any atom is -0.481 e. The molecule has 0 fully saturated rings. The smallest absolute Gasteiger partial charge is 0.304 e. The van der Waals surface area contributed by atoms with Gasteiger partial charge in [0.05, 0.1) is 6.42 Å². The maximum atomic E-state index is 10.5. The molecule has 0 bridgehead atoms. The number of hydrogen-bond donors (Lipinski definition) is 1. The third kappa shape index (κ3) is 2.59. The fourth-order valence-electron chi connectivity index (χ4n) is 2.10.